The topological polar surface area (TPSA) is 73.9 Å². The summed E-state index contributed by atoms with van der Waals surface area (Å²) in [5.74, 6) is -0.0793. The monoisotopic (exact) mass is 397 g/mol. The van der Waals surface area contributed by atoms with Crippen LogP contribution in [0.4, 0.5) is 0 Å². The first-order valence-corrected chi connectivity index (χ1v) is 9.82. The van der Waals surface area contributed by atoms with Crippen LogP contribution < -0.4 is 14.8 Å². The number of carbonyl (C=O) groups excluding carboxylic acids is 2. The summed E-state index contributed by atoms with van der Waals surface area (Å²) >= 11 is 0. The summed E-state index contributed by atoms with van der Waals surface area (Å²) < 4.78 is 15.5. The number of amides is 1. The van der Waals surface area contributed by atoms with Crippen molar-refractivity contribution in [2.24, 2.45) is 0 Å². The molecule has 0 radical (unpaired) electrons. The number of methoxy groups -OCH3 is 2. The van der Waals surface area contributed by atoms with Crippen LogP contribution in [0.3, 0.4) is 0 Å². The fourth-order valence-corrected chi connectivity index (χ4v) is 3.57. The van der Waals surface area contributed by atoms with E-state index < -0.39 is 5.97 Å². The first-order chi connectivity index (χ1) is 14.0. The molecule has 1 N–H and O–H groups in total. The van der Waals surface area contributed by atoms with Gasteiger partial charge in [0.25, 0.3) is 5.91 Å². The lowest BCUT2D eigenvalue weighted by atomic mass is 9.89. The molecule has 0 unspecified atom stereocenters. The van der Waals surface area contributed by atoms with E-state index in [-0.39, 0.29) is 24.1 Å². The average Bonchev–Trinajstić information content (AvgIpc) is 2.76. The highest BCUT2D eigenvalue weighted by Crippen LogP contribution is 2.26. The smallest absolute Gasteiger partial charge is 0.342 e. The number of carbonyl (C=O) groups is 2. The Labute approximate surface area is 171 Å². The Balaban J connectivity index is 1.56. The zero-order valence-electron chi connectivity index (χ0n) is 17.1. The summed E-state index contributed by atoms with van der Waals surface area (Å²) in [6, 6.07) is 11.0. The van der Waals surface area contributed by atoms with Crippen LogP contribution in [0.1, 0.15) is 52.9 Å². The van der Waals surface area contributed by atoms with Crippen molar-refractivity contribution in [2.75, 3.05) is 20.8 Å². The van der Waals surface area contributed by atoms with Crippen LogP contribution in [0.2, 0.25) is 0 Å². The molecule has 0 aromatic heterocycles. The predicted octanol–water partition coefficient (Wildman–Crippen LogP) is 3.62. The third-order valence-electron chi connectivity index (χ3n) is 5.21. The zero-order chi connectivity index (χ0) is 20.8. The van der Waals surface area contributed by atoms with Gasteiger partial charge in [-0.25, -0.2) is 4.79 Å². The zero-order valence-corrected chi connectivity index (χ0v) is 17.1. The molecule has 0 bridgehead atoms. The Morgan fingerprint density at radius 1 is 1.00 bits per heavy atom. The number of hydrogen-bond donors (Lipinski definition) is 1. The second-order valence-electron chi connectivity index (χ2n) is 7.17. The van der Waals surface area contributed by atoms with Crippen LogP contribution in [0.15, 0.2) is 36.4 Å². The summed E-state index contributed by atoms with van der Waals surface area (Å²) in [6.07, 6.45) is 4.66. The highest BCUT2D eigenvalue weighted by molar-refractivity contribution is 5.94. The number of hydrogen-bond acceptors (Lipinski definition) is 5. The van der Waals surface area contributed by atoms with E-state index in [2.05, 4.69) is 23.5 Å². The molecule has 0 aliphatic heterocycles. The number of benzene rings is 2. The van der Waals surface area contributed by atoms with Crippen molar-refractivity contribution in [1.29, 1.82) is 0 Å². The van der Waals surface area contributed by atoms with Gasteiger partial charge in [0, 0.05) is 6.07 Å². The van der Waals surface area contributed by atoms with Gasteiger partial charge < -0.3 is 19.5 Å². The van der Waals surface area contributed by atoms with Crippen molar-refractivity contribution in [3.63, 3.8) is 0 Å². The molecular weight excluding hydrogens is 370 g/mol. The van der Waals surface area contributed by atoms with Crippen LogP contribution in [0.25, 0.3) is 0 Å². The van der Waals surface area contributed by atoms with Crippen molar-refractivity contribution >= 4 is 11.9 Å². The molecule has 0 fully saturated rings. The highest BCUT2D eigenvalue weighted by atomic mass is 16.5. The molecule has 2 aromatic carbocycles. The maximum absolute atomic E-state index is 12.3. The van der Waals surface area contributed by atoms with E-state index in [4.69, 9.17) is 14.2 Å². The third kappa shape index (κ3) is 5.08. The van der Waals surface area contributed by atoms with Gasteiger partial charge in [-0.3, -0.25) is 4.79 Å². The standard InChI is InChI=1S/C23H27NO5/c1-15(17-9-8-16-6-4-5-7-18(16)12-17)24-22(25)14-29-23(26)20-11-10-19(27-2)13-21(20)28-3/h8-13,15H,4-7,14H2,1-3H3,(H,24,25)/t15-/m0/s1. The third-order valence-corrected chi connectivity index (χ3v) is 5.21. The Bertz CT molecular complexity index is 893. The van der Waals surface area contributed by atoms with Crippen LogP contribution in [0.5, 0.6) is 11.5 Å². The van der Waals surface area contributed by atoms with Crippen LogP contribution >= 0.6 is 0 Å². The largest absolute Gasteiger partial charge is 0.497 e. The minimum atomic E-state index is -0.624. The van der Waals surface area contributed by atoms with E-state index in [1.165, 1.54) is 38.2 Å². The molecule has 0 saturated carbocycles. The molecule has 0 spiro atoms. The Hall–Kier alpha value is -3.02. The first-order valence-electron chi connectivity index (χ1n) is 9.82. The van der Waals surface area contributed by atoms with Crippen LogP contribution in [-0.2, 0) is 22.4 Å². The molecule has 2 aromatic rings. The molecular formula is C23H27NO5. The number of ether oxygens (including phenoxy) is 3. The minimum absolute atomic E-state index is 0.163. The van der Waals surface area contributed by atoms with E-state index in [1.807, 2.05) is 6.92 Å². The van der Waals surface area contributed by atoms with Gasteiger partial charge in [0.05, 0.1) is 20.3 Å². The van der Waals surface area contributed by atoms with E-state index in [0.29, 0.717) is 11.5 Å². The molecule has 1 aliphatic rings. The van der Waals surface area contributed by atoms with Gasteiger partial charge >= 0.3 is 5.97 Å². The average molecular weight is 397 g/mol. The molecule has 0 heterocycles. The number of esters is 1. The van der Waals surface area contributed by atoms with Crippen molar-refractivity contribution in [1.82, 2.24) is 5.32 Å². The molecule has 1 amide bonds. The quantitative estimate of drug-likeness (QED) is 0.723. The SMILES string of the molecule is COc1ccc(C(=O)OCC(=O)N[C@@H](C)c2ccc3c(c2)CCCC3)c(OC)c1. The van der Waals surface area contributed by atoms with E-state index in [1.54, 1.807) is 18.2 Å². The fraction of sp³-hybridized carbons (Fsp3) is 0.391. The number of fused-ring (bicyclic) bond motifs is 1. The second-order valence-corrected chi connectivity index (χ2v) is 7.17. The van der Waals surface area contributed by atoms with Crippen molar-refractivity contribution in [3.8, 4) is 11.5 Å². The van der Waals surface area contributed by atoms with E-state index >= 15 is 0 Å². The van der Waals surface area contributed by atoms with Crippen molar-refractivity contribution in [2.45, 2.75) is 38.6 Å². The molecule has 6 heteroatoms. The highest BCUT2D eigenvalue weighted by Gasteiger charge is 2.18. The van der Waals surface area contributed by atoms with E-state index in [0.717, 1.165) is 18.4 Å². The molecule has 1 atom stereocenters. The predicted molar refractivity (Wildman–Crippen MR) is 109 cm³/mol. The second kappa shape index (κ2) is 9.45. The summed E-state index contributed by atoms with van der Waals surface area (Å²) in [4.78, 5) is 24.6. The normalized spacial score (nSPS) is 13.8. The number of rotatable bonds is 7. The molecule has 6 nitrogen and oxygen atoms in total. The molecule has 0 saturated heterocycles. The van der Waals surface area contributed by atoms with Crippen molar-refractivity contribution < 1.29 is 23.8 Å². The van der Waals surface area contributed by atoms with Gasteiger partial charge in [-0.1, -0.05) is 18.2 Å². The Morgan fingerprint density at radius 3 is 2.48 bits per heavy atom. The van der Waals surface area contributed by atoms with Gasteiger partial charge in [-0.2, -0.15) is 0 Å². The Kier molecular flexibility index (Phi) is 6.75. The maximum atomic E-state index is 12.3. The summed E-state index contributed by atoms with van der Waals surface area (Å²) in [7, 11) is 2.99. The fourth-order valence-electron chi connectivity index (χ4n) is 3.57. The molecule has 29 heavy (non-hydrogen) atoms. The molecule has 154 valence electrons. The molecule has 1 aliphatic carbocycles. The van der Waals surface area contributed by atoms with Gasteiger partial charge in [0.15, 0.2) is 6.61 Å². The van der Waals surface area contributed by atoms with Gasteiger partial charge in [-0.05, 0) is 61.4 Å². The summed E-state index contributed by atoms with van der Waals surface area (Å²) in [6.45, 7) is 1.57. The lowest BCUT2D eigenvalue weighted by molar-refractivity contribution is -0.124. The first kappa shape index (κ1) is 20.7. The summed E-state index contributed by atoms with van der Waals surface area (Å²) in [5.41, 5.74) is 4.07. The number of nitrogens with one attached hydrogen (secondary N) is 1. The van der Waals surface area contributed by atoms with E-state index in [9.17, 15) is 9.59 Å². The summed E-state index contributed by atoms with van der Waals surface area (Å²) in [5, 5.41) is 2.89. The molecule has 3 rings (SSSR count). The van der Waals surface area contributed by atoms with Crippen LogP contribution in [0, 0.1) is 0 Å². The van der Waals surface area contributed by atoms with Crippen molar-refractivity contribution in [3.05, 3.63) is 58.7 Å². The number of aryl methyl sites for hydroxylation is 2. The van der Waals surface area contributed by atoms with Gasteiger partial charge in [-0.15, -0.1) is 0 Å². The lowest BCUT2D eigenvalue weighted by Crippen LogP contribution is -2.31. The minimum Gasteiger partial charge on any atom is -0.497 e. The van der Waals surface area contributed by atoms with Gasteiger partial charge in [0.1, 0.15) is 17.1 Å². The van der Waals surface area contributed by atoms with Gasteiger partial charge in [0.2, 0.25) is 0 Å². The van der Waals surface area contributed by atoms with Crippen LogP contribution in [-0.4, -0.2) is 32.7 Å². The lowest BCUT2D eigenvalue weighted by Gasteiger charge is -2.20. The maximum Gasteiger partial charge on any atom is 0.342 e. The Morgan fingerprint density at radius 2 is 1.76 bits per heavy atom.